The summed E-state index contributed by atoms with van der Waals surface area (Å²) in [5.74, 6) is 2.52. The van der Waals surface area contributed by atoms with Crippen LogP contribution in [0.15, 0.2) is 4.42 Å². The van der Waals surface area contributed by atoms with E-state index in [9.17, 15) is 0 Å². The van der Waals surface area contributed by atoms with E-state index in [1.807, 2.05) is 0 Å². The van der Waals surface area contributed by atoms with Crippen molar-refractivity contribution in [3.05, 3.63) is 11.8 Å². The maximum atomic E-state index is 5.73. The summed E-state index contributed by atoms with van der Waals surface area (Å²) in [6.45, 7) is 5.34. The fourth-order valence-corrected chi connectivity index (χ4v) is 2.92. The predicted octanol–water partition coefficient (Wildman–Crippen LogP) is 3.51. The Labute approximate surface area is 122 Å². The van der Waals surface area contributed by atoms with Crippen LogP contribution in [0.3, 0.4) is 0 Å². The summed E-state index contributed by atoms with van der Waals surface area (Å²) in [6.07, 6.45) is 11.1. The molecule has 114 valence electrons. The number of aryl methyl sites for hydroxylation is 2. The zero-order valence-corrected chi connectivity index (χ0v) is 13.0. The molecule has 0 amide bonds. The molecule has 1 saturated carbocycles. The maximum absolute atomic E-state index is 5.73. The first-order valence-corrected chi connectivity index (χ1v) is 8.28. The van der Waals surface area contributed by atoms with Crippen molar-refractivity contribution in [2.75, 3.05) is 6.54 Å². The van der Waals surface area contributed by atoms with Gasteiger partial charge in [-0.3, -0.25) is 0 Å². The van der Waals surface area contributed by atoms with E-state index < -0.39 is 0 Å². The Kier molecular flexibility index (Phi) is 6.51. The highest BCUT2D eigenvalue weighted by molar-refractivity contribution is 4.83. The van der Waals surface area contributed by atoms with Crippen molar-refractivity contribution in [2.45, 2.75) is 77.7 Å². The van der Waals surface area contributed by atoms with Crippen LogP contribution in [0.1, 0.15) is 70.6 Å². The zero-order chi connectivity index (χ0) is 14.2. The quantitative estimate of drug-likeness (QED) is 0.740. The molecule has 2 rings (SSSR count). The summed E-state index contributed by atoms with van der Waals surface area (Å²) in [4.78, 5) is 0. The molecule has 0 unspecified atom stereocenters. The minimum absolute atomic E-state index is 0.545. The maximum Gasteiger partial charge on any atom is 0.216 e. The van der Waals surface area contributed by atoms with Gasteiger partial charge in [0.15, 0.2) is 0 Å². The lowest BCUT2D eigenvalue weighted by atomic mass is 9.86. The first-order chi connectivity index (χ1) is 9.74. The van der Waals surface area contributed by atoms with Gasteiger partial charge in [0.05, 0.1) is 0 Å². The molecule has 0 spiro atoms. The van der Waals surface area contributed by atoms with Crippen LogP contribution in [-0.2, 0) is 12.8 Å². The summed E-state index contributed by atoms with van der Waals surface area (Å²) in [6, 6.07) is 0.545. The Morgan fingerprint density at radius 1 is 1.10 bits per heavy atom. The molecule has 1 fully saturated rings. The Balaban J connectivity index is 1.63. The summed E-state index contributed by atoms with van der Waals surface area (Å²) in [5, 5.41) is 11.7. The molecule has 4 heteroatoms. The van der Waals surface area contributed by atoms with E-state index in [0.717, 1.165) is 43.5 Å². The second kappa shape index (κ2) is 8.40. The van der Waals surface area contributed by atoms with E-state index in [-0.39, 0.29) is 0 Å². The minimum atomic E-state index is 0.545. The Bertz CT molecular complexity index is 370. The standard InChI is InChI=1S/C16H29N3O/c1-13(2)17-12-6-9-15-18-19-16(20-15)11-10-14-7-4-3-5-8-14/h13-14,17H,3-12H2,1-2H3. The zero-order valence-electron chi connectivity index (χ0n) is 13.0. The van der Waals surface area contributed by atoms with E-state index in [4.69, 9.17) is 4.42 Å². The lowest BCUT2D eigenvalue weighted by molar-refractivity contribution is 0.326. The van der Waals surface area contributed by atoms with Crippen molar-refractivity contribution < 1.29 is 4.42 Å². The molecular weight excluding hydrogens is 250 g/mol. The monoisotopic (exact) mass is 279 g/mol. The van der Waals surface area contributed by atoms with Gasteiger partial charge >= 0.3 is 0 Å². The molecule has 0 bridgehead atoms. The van der Waals surface area contributed by atoms with Gasteiger partial charge in [0.25, 0.3) is 0 Å². The van der Waals surface area contributed by atoms with Crippen LogP contribution in [-0.4, -0.2) is 22.8 Å². The third kappa shape index (κ3) is 5.61. The molecule has 1 aromatic rings. The topological polar surface area (TPSA) is 51.0 Å². The second-order valence-corrected chi connectivity index (χ2v) is 6.34. The van der Waals surface area contributed by atoms with E-state index >= 15 is 0 Å². The molecule has 0 atom stereocenters. The van der Waals surface area contributed by atoms with Gasteiger partial charge in [0.1, 0.15) is 0 Å². The van der Waals surface area contributed by atoms with E-state index in [1.165, 1.54) is 38.5 Å². The lowest BCUT2D eigenvalue weighted by Crippen LogP contribution is -2.23. The fraction of sp³-hybridized carbons (Fsp3) is 0.875. The molecule has 0 radical (unpaired) electrons. The largest absolute Gasteiger partial charge is 0.425 e. The molecule has 1 aliphatic carbocycles. The second-order valence-electron chi connectivity index (χ2n) is 6.34. The SMILES string of the molecule is CC(C)NCCCc1nnc(CCC2CCCCC2)o1. The Hall–Kier alpha value is -0.900. The fourth-order valence-electron chi connectivity index (χ4n) is 2.92. The summed E-state index contributed by atoms with van der Waals surface area (Å²) < 4.78 is 5.73. The summed E-state index contributed by atoms with van der Waals surface area (Å²) in [5.41, 5.74) is 0. The van der Waals surface area contributed by atoms with Gasteiger partial charge in [0.2, 0.25) is 11.8 Å². The number of hydrogen-bond donors (Lipinski definition) is 1. The minimum Gasteiger partial charge on any atom is -0.425 e. The number of nitrogens with zero attached hydrogens (tertiary/aromatic N) is 2. The number of aromatic nitrogens is 2. The van der Waals surface area contributed by atoms with Gasteiger partial charge in [-0.05, 0) is 25.3 Å². The molecule has 0 saturated heterocycles. The third-order valence-corrected chi connectivity index (χ3v) is 4.12. The molecule has 1 aliphatic rings. The van der Waals surface area contributed by atoms with Crippen LogP contribution >= 0.6 is 0 Å². The molecule has 0 aromatic carbocycles. The molecule has 0 aliphatic heterocycles. The van der Waals surface area contributed by atoms with E-state index in [0.29, 0.717) is 6.04 Å². The van der Waals surface area contributed by atoms with Crippen molar-refractivity contribution in [1.29, 1.82) is 0 Å². The molecular formula is C16H29N3O. The van der Waals surface area contributed by atoms with Crippen LogP contribution < -0.4 is 5.32 Å². The van der Waals surface area contributed by atoms with Gasteiger partial charge in [-0.1, -0.05) is 46.0 Å². The molecule has 1 heterocycles. The van der Waals surface area contributed by atoms with E-state index in [1.54, 1.807) is 0 Å². The van der Waals surface area contributed by atoms with Crippen molar-refractivity contribution >= 4 is 0 Å². The summed E-state index contributed by atoms with van der Waals surface area (Å²) >= 11 is 0. The van der Waals surface area contributed by atoms with Gasteiger partial charge < -0.3 is 9.73 Å². The van der Waals surface area contributed by atoms with E-state index in [2.05, 4.69) is 29.4 Å². The van der Waals surface area contributed by atoms with Crippen LogP contribution in [0.4, 0.5) is 0 Å². The smallest absolute Gasteiger partial charge is 0.216 e. The van der Waals surface area contributed by atoms with Crippen molar-refractivity contribution in [2.24, 2.45) is 5.92 Å². The van der Waals surface area contributed by atoms with Gasteiger partial charge in [0, 0.05) is 18.9 Å². The summed E-state index contributed by atoms with van der Waals surface area (Å²) in [7, 11) is 0. The number of nitrogens with one attached hydrogen (secondary N) is 1. The highest BCUT2D eigenvalue weighted by Gasteiger charge is 2.15. The van der Waals surface area contributed by atoms with Crippen molar-refractivity contribution in [1.82, 2.24) is 15.5 Å². The Morgan fingerprint density at radius 3 is 2.50 bits per heavy atom. The first kappa shape index (κ1) is 15.5. The average molecular weight is 279 g/mol. The third-order valence-electron chi connectivity index (χ3n) is 4.12. The van der Waals surface area contributed by atoms with Gasteiger partial charge in [-0.25, -0.2) is 0 Å². The van der Waals surface area contributed by atoms with Crippen LogP contribution in [0, 0.1) is 5.92 Å². The van der Waals surface area contributed by atoms with Gasteiger partial charge in [-0.15, -0.1) is 10.2 Å². The molecule has 1 N–H and O–H groups in total. The number of hydrogen-bond acceptors (Lipinski definition) is 4. The first-order valence-electron chi connectivity index (χ1n) is 8.28. The predicted molar refractivity (Wildman–Crippen MR) is 80.7 cm³/mol. The van der Waals surface area contributed by atoms with Crippen LogP contribution in [0.5, 0.6) is 0 Å². The van der Waals surface area contributed by atoms with Crippen LogP contribution in [0.25, 0.3) is 0 Å². The normalized spacial score (nSPS) is 16.9. The molecule has 4 nitrogen and oxygen atoms in total. The Morgan fingerprint density at radius 2 is 1.80 bits per heavy atom. The molecule has 1 aromatic heterocycles. The molecule has 20 heavy (non-hydrogen) atoms. The highest BCUT2D eigenvalue weighted by atomic mass is 16.4. The highest BCUT2D eigenvalue weighted by Crippen LogP contribution is 2.27. The van der Waals surface area contributed by atoms with Crippen LogP contribution in [0.2, 0.25) is 0 Å². The average Bonchev–Trinajstić information content (AvgIpc) is 2.90. The number of rotatable bonds is 8. The van der Waals surface area contributed by atoms with Crippen molar-refractivity contribution in [3.8, 4) is 0 Å². The lowest BCUT2D eigenvalue weighted by Gasteiger charge is -2.20. The van der Waals surface area contributed by atoms with Gasteiger partial charge in [-0.2, -0.15) is 0 Å². The van der Waals surface area contributed by atoms with Crippen molar-refractivity contribution in [3.63, 3.8) is 0 Å².